The number of anilines is 1. The molecule has 0 N–H and O–H groups in total. The van der Waals surface area contributed by atoms with Crippen LogP contribution in [0.3, 0.4) is 0 Å². The van der Waals surface area contributed by atoms with E-state index < -0.39 is 67.0 Å². The minimum Gasteiger partial charge on any atom is -0.488 e. The minimum atomic E-state index is -5.63. The van der Waals surface area contributed by atoms with Crippen molar-refractivity contribution in [2.75, 3.05) is 18.0 Å². The molecule has 0 unspecified atom stereocenters. The van der Waals surface area contributed by atoms with Crippen molar-refractivity contribution in [1.29, 1.82) is 0 Å². The highest BCUT2D eigenvalue weighted by atomic mass is 32.2. The molecule has 2 saturated carbocycles. The van der Waals surface area contributed by atoms with Gasteiger partial charge in [0.2, 0.25) is 0 Å². The van der Waals surface area contributed by atoms with Crippen molar-refractivity contribution in [3.63, 3.8) is 0 Å². The van der Waals surface area contributed by atoms with Crippen molar-refractivity contribution >= 4 is 27.7 Å². The first-order valence-corrected chi connectivity index (χ1v) is 14.7. The Bertz CT molecular complexity index is 1510. The van der Waals surface area contributed by atoms with Crippen LogP contribution in [-0.4, -0.2) is 60.4 Å². The number of halogens is 7. The Morgan fingerprint density at radius 2 is 1.70 bits per heavy atom. The molecule has 5 rings (SSSR count). The van der Waals surface area contributed by atoms with Gasteiger partial charge in [-0.1, -0.05) is 4.47 Å². The predicted octanol–water partition coefficient (Wildman–Crippen LogP) is 5.12. The van der Waals surface area contributed by atoms with E-state index in [4.69, 9.17) is 4.74 Å². The first-order chi connectivity index (χ1) is 20.1. The molecule has 2 aliphatic carbocycles. The third-order valence-corrected chi connectivity index (χ3v) is 9.17. The van der Waals surface area contributed by atoms with Gasteiger partial charge in [-0.05, 0) is 68.2 Å². The van der Waals surface area contributed by atoms with Crippen molar-refractivity contribution in [3.8, 4) is 5.75 Å². The predicted molar refractivity (Wildman–Crippen MR) is 134 cm³/mol. The van der Waals surface area contributed by atoms with Gasteiger partial charge in [-0.2, -0.15) is 26.3 Å². The Kier molecular flexibility index (Phi) is 7.98. The van der Waals surface area contributed by atoms with Crippen molar-refractivity contribution in [2.24, 2.45) is 0 Å². The summed E-state index contributed by atoms with van der Waals surface area (Å²) in [5.41, 5.74) is -1.52. The molecule has 1 atom stereocenters. The molecule has 1 saturated heterocycles. The van der Waals surface area contributed by atoms with Gasteiger partial charge >= 0.3 is 24.2 Å². The molecule has 9 nitrogen and oxygen atoms in total. The normalized spacial score (nSPS) is 19.6. The van der Waals surface area contributed by atoms with Crippen molar-refractivity contribution < 1.29 is 58.3 Å². The number of carbonyl (C=O) groups excluding carboxylic acids is 2. The lowest BCUT2D eigenvalue weighted by Crippen LogP contribution is -2.44. The van der Waals surface area contributed by atoms with Gasteiger partial charge in [0.25, 0.3) is 10.0 Å². The zero-order valence-electron chi connectivity index (χ0n) is 22.1. The van der Waals surface area contributed by atoms with Crippen LogP contribution in [0.2, 0.25) is 0 Å². The molecule has 234 valence electrons. The van der Waals surface area contributed by atoms with Crippen LogP contribution in [0.5, 0.6) is 5.75 Å². The number of carbonyl (C=O) groups is 2. The fourth-order valence-electron chi connectivity index (χ4n) is 4.65. The molecule has 43 heavy (non-hydrogen) atoms. The fourth-order valence-corrected chi connectivity index (χ4v) is 6.15. The minimum absolute atomic E-state index is 0.0126. The van der Waals surface area contributed by atoms with Crippen LogP contribution >= 0.6 is 0 Å². The number of benzene rings is 1. The van der Waals surface area contributed by atoms with Gasteiger partial charge < -0.3 is 14.5 Å². The summed E-state index contributed by atoms with van der Waals surface area (Å²) in [7, 11) is -4.87. The van der Waals surface area contributed by atoms with E-state index in [9.17, 15) is 44.3 Å². The number of ether oxygens (including phenoxy) is 1. The molecule has 1 amide bonds. The molecule has 3 fully saturated rings. The number of alkyl halides is 6. The Morgan fingerprint density at radius 3 is 2.26 bits per heavy atom. The highest BCUT2D eigenvalue weighted by Gasteiger charge is 2.50. The van der Waals surface area contributed by atoms with Crippen LogP contribution in [0.25, 0.3) is 0 Å². The summed E-state index contributed by atoms with van der Waals surface area (Å²) in [5, 5.41) is -1.26. The second-order valence-electron chi connectivity index (χ2n) is 10.5. The molecule has 0 radical (unpaired) electrons. The molecule has 17 heteroatoms. The molecule has 0 bridgehead atoms. The Labute approximate surface area is 240 Å². The summed E-state index contributed by atoms with van der Waals surface area (Å²) < 4.78 is 123. The third-order valence-electron chi connectivity index (χ3n) is 7.16. The summed E-state index contributed by atoms with van der Waals surface area (Å²) in [6.45, 7) is 0.656. The Balaban J connectivity index is 1.38. The van der Waals surface area contributed by atoms with Gasteiger partial charge in [-0.3, -0.25) is 4.79 Å². The lowest BCUT2D eigenvalue weighted by Gasteiger charge is -2.34. The van der Waals surface area contributed by atoms with Crippen LogP contribution in [0.15, 0.2) is 30.5 Å². The number of piperidine rings is 1. The number of hydrogen-bond donors (Lipinski definition) is 0. The van der Waals surface area contributed by atoms with Crippen LogP contribution in [0.4, 0.5) is 36.6 Å². The SMILES string of the molecule is O=C(c1cc(C2CC2)c(O[C@@H]2CCCN(c3ccc(C(F)(F)F)cn3)C2)cc1F)N(OC(=O)C(F)(F)F)S(=O)(=O)C1CC1. The number of amides is 1. The van der Waals surface area contributed by atoms with Crippen LogP contribution in [0, 0.1) is 5.82 Å². The number of aromatic nitrogens is 1. The number of hydrogen-bond acceptors (Lipinski definition) is 8. The summed E-state index contributed by atoms with van der Waals surface area (Å²) in [6.07, 6.45) is -7.74. The number of nitrogens with zero attached hydrogens (tertiary/aromatic N) is 3. The molecule has 0 spiro atoms. The van der Waals surface area contributed by atoms with E-state index in [0.29, 0.717) is 37.8 Å². The van der Waals surface area contributed by atoms with E-state index in [1.54, 1.807) is 4.90 Å². The largest absolute Gasteiger partial charge is 0.493 e. The molecule has 1 aromatic carbocycles. The third kappa shape index (κ3) is 6.80. The van der Waals surface area contributed by atoms with E-state index >= 15 is 4.39 Å². The number of rotatable bonds is 7. The summed E-state index contributed by atoms with van der Waals surface area (Å²) in [6, 6.07) is 3.94. The van der Waals surface area contributed by atoms with Gasteiger partial charge in [0.05, 0.1) is 22.9 Å². The van der Waals surface area contributed by atoms with E-state index in [1.165, 1.54) is 6.07 Å². The topological polar surface area (TPSA) is 106 Å². The maximum absolute atomic E-state index is 15.3. The standard InChI is InChI=1S/C26H24F7N3O6S/c27-20-11-21(41-16-2-1-9-35(13-16)22-8-5-15(12-34-22)25(28,29)30)18(14-3-4-14)10-19(20)23(37)36(42-24(38)26(31,32)33)43(39,40)17-6-7-17/h5,8,10-12,14,16-17H,1-4,6-7,9,13H2/t16-/m1/s1. The van der Waals surface area contributed by atoms with Gasteiger partial charge in [-0.25, -0.2) is 22.6 Å². The fraction of sp³-hybridized carbons (Fsp3) is 0.500. The van der Waals surface area contributed by atoms with E-state index in [-0.39, 0.29) is 36.9 Å². The van der Waals surface area contributed by atoms with E-state index in [1.807, 2.05) is 0 Å². The van der Waals surface area contributed by atoms with E-state index in [0.717, 1.165) is 24.4 Å². The van der Waals surface area contributed by atoms with Crippen LogP contribution in [0.1, 0.15) is 65.9 Å². The summed E-state index contributed by atoms with van der Waals surface area (Å²) in [5.74, 6) is -6.00. The smallest absolute Gasteiger partial charge is 0.488 e. The van der Waals surface area contributed by atoms with Gasteiger partial charge in [0.1, 0.15) is 23.5 Å². The number of hydroxylamine groups is 1. The van der Waals surface area contributed by atoms with Crippen LogP contribution < -0.4 is 9.64 Å². The maximum atomic E-state index is 15.3. The van der Waals surface area contributed by atoms with Crippen LogP contribution in [-0.2, 0) is 25.8 Å². The van der Waals surface area contributed by atoms with E-state index in [2.05, 4.69) is 9.82 Å². The Morgan fingerprint density at radius 1 is 1.00 bits per heavy atom. The number of sulfonamides is 1. The highest BCUT2D eigenvalue weighted by Crippen LogP contribution is 2.46. The molecule has 2 heterocycles. The van der Waals surface area contributed by atoms with Crippen molar-refractivity contribution in [1.82, 2.24) is 9.45 Å². The van der Waals surface area contributed by atoms with Gasteiger partial charge in [-0.15, -0.1) is 0 Å². The molecular weight excluding hydrogens is 615 g/mol. The molecule has 1 aliphatic heterocycles. The first-order valence-electron chi connectivity index (χ1n) is 13.2. The number of pyridine rings is 1. The average molecular weight is 640 g/mol. The molecule has 3 aliphatic rings. The van der Waals surface area contributed by atoms with Crippen molar-refractivity contribution in [3.05, 3.63) is 53.0 Å². The Hall–Kier alpha value is -3.63. The zero-order valence-corrected chi connectivity index (χ0v) is 22.9. The summed E-state index contributed by atoms with van der Waals surface area (Å²) in [4.78, 5) is 34.1. The lowest BCUT2D eigenvalue weighted by molar-refractivity contribution is -0.217. The van der Waals surface area contributed by atoms with Gasteiger partial charge in [0.15, 0.2) is 0 Å². The quantitative estimate of drug-likeness (QED) is 0.304. The monoisotopic (exact) mass is 639 g/mol. The lowest BCUT2D eigenvalue weighted by atomic mass is 10.0. The maximum Gasteiger partial charge on any atom is 0.493 e. The van der Waals surface area contributed by atoms with Crippen molar-refractivity contribution in [2.45, 2.75) is 68.1 Å². The second kappa shape index (κ2) is 11.1. The first kappa shape index (κ1) is 30.8. The molecule has 1 aromatic heterocycles. The second-order valence-corrected chi connectivity index (χ2v) is 12.6. The average Bonchev–Trinajstić information content (AvgIpc) is 3.84. The molecular formula is C26H24F7N3O6S. The summed E-state index contributed by atoms with van der Waals surface area (Å²) >= 11 is 0. The highest BCUT2D eigenvalue weighted by molar-refractivity contribution is 7.90. The zero-order chi connectivity index (χ0) is 31.3. The van der Waals surface area contributed by atoms with Gasteiger partial charge in [0, 0.05) is 18.8 Å². The molecule has 2 aromatic rings.